The average Bonchev–Trinajstić information content (AvgIpc) is 2.71. The first-order valence-corrected chi connectivity index (χ1v) is 8.76. The summed E-state index contributed by atoms with van der Waals surface area (Å²) in [6.07, 6.45) is 0. The van der Waals surface area contributed by atoms with Crippen LogP contribution in [0.25, 0.3) is 22.1 Å². The number of rotatable bonds is 7. The molecule has 0 aliphatic rings. The molecule has 28 heavy (non-hydrogen) atoms. The van der Waals surface area contributed by atoms with Crippen molar-refractivity contribution in [1.82, 2.24) is 5.32 Å². The van der Waals surface area contributed by atoms with Crippen LogP contribution in [-0.2, 0) is 4.79 Å². The molecule has 3 rings (SSSR count). The summed E-state index contributed by atoms with van der Waals surface area (Å²) in [6, 6.07) is 13.6. The lowest BCUT2D eigenvalue weighted by atomic mass is 10.1. The first kappa shape index (κ1) is 19.4. The summed E-state index contributed by atoms with van der Waals surface area (Å²) in [6.45, 7) is 1.39. The summed E-state index contributed by atoms with van der Waals surface area (Å²) in [7, 11) is 1.52. The van der Waals surface area contributed by atoms with Crippen molar-refractivity contribution in [3.63, 3.8) is 0 Å². The average molecular weight is 383 g/mol. The van der Waals surface area contributed by atoms with Gasteiger partial charge in [-0.2, -0.15) is 0 Å². The minimum atomic E-state index is -0.469. The second-order valence-corrected chi connectivity index (χ2v) is 6.29. The smallest absolute Gasteiger partial charge is 0.344 e. The van der Waals surface area contributed by atoms with Gasteiger partial charge < -0.3 is 24.3 Å². The topological polar surface area (TPSA) is 98.0 Å². The van der Waals surface area contributed by atoms with E-state index in [4.69, 9.17) is 19.0 Å². The fraction of sp³-hybridized carbons (Fsp3) is 0.238. The van der Waals surface area contributed by atoms with E-state index < -0.39 is 5.63 Å². The Balaban J connectivity index is 1.77. The van der Waals surface area contributed by atoms with Crippen LogP contribution in [0.3, 0.4) is 0 Å². The van der Waals surface area contributed by atoms with Crippen molar-refractivity contribution in [1.29, 1.82) is 0 Å². The zero-order valence-corrected chi connectivity index (χ0v) is 15.6. The first-order valence-electron chi connectivity index (χ1n) is 8.76. The van der Waals surface area contributed by atoms with Gasteiger partial charge >= 0.3 is 5.63 Å². The standard InChI is InChI=1S/C21H21NO6/c1-13(11-23)22-19(24)12-27-16-8-6-14(7-9-16)17-10-15-4-3-5-18(26-2)20(15)28-21(17)25/h3-10,13,23H,11-12H2,1-2H3,(H,22,24). The Kier molecular flexibility index (Phi) is 5.96. The Morgan fingerprint density at radius 3 is 2.64 bits per heavy atom. The Hall–Kier alpha value is -3.32. The first-order chi connectivity index (χ1) is 13.5. The Morgan fingerprint density at radius 2 is 1.96 bits per heavy atom. The number of para-hydroxylation sites is 1. The number of methoxy groups -OCH3 is 1. The minimum Gasteiger partial charge on any atom is -0.493 e. The van der Waals surface area contributed by atoms with Gasteiger partial charge in [0.25, 0.3) is 5.91 Å². The molecule has 2 aromatic carbocycles. The maximum Gasteiger partial charge on any atom is 0.344 e. The molecule has 1 heterocycles. The van der Waals surface area contributed by atoms with Crippen molar-refractivity contribution in [3.8, 4) is 22.6 Å². The molecular formula is C21H21NO6. The number of carbonyl (C=O) groups is 1. The largest absolute Gasteiger partial charge is 0.493 e. The fourth-order valence-electron chi connectivity index (χ4n) is 2.72. The molecule has 1 amide bonds. The van der Waals surface area contributed by atoms with Crippen LogP contribution in [0.5, 0.6) is 11.5 Å². The van der Waals surface area contributed by atoms with Gasteiger partial charge in [0.1, 0.15) is 5.75 Å². The number of aliphatic hydroxyl groups excluding tert-OH is 1. The number of fused-ring (bicyclic) bond motifs is 1. The van der Waals surface area contributed by atoms with Gasteiger partial charge in [-0.3, -0.25) is 4.79 Å². The van der Waals surface area contributed by atoms with E-state index in [0.29, 0.717) is 28.2 Å². The molecule has 1 unspecified atom stereocenters. The Bertz CT molecular complexity index is 1030. The molecule has 0 bridgehead atoms. The number of ether oxygens (including phenoxy) is 2. The molecule has 1 aromatic heterocycles. The van der Waals surface area contributed by atoms with Crippen molar-refractivity contribution in [2.45, 2.75) is 13.0 Å². The van der Waals surface area contributed by atoms with Crippen molar-refractivity contribution in [3.05, 3.63) is 59.0 Å². The van der Waals surface area contributed by atoms with Gasteiger partial charge in [-0.15, -0.1) is 0 Å². The van der Waals surface area contributed by atoms with Crippen molar-refractivity contribution >= 4 is 16.9 Å². The van der Waals surface area contributed by atoms with Crippen molar-refractivity contribution in [2.24, 2.45) is 0 Å². The van der Waals surface area contributed by atoms with E-state index in [9.17, 15) is 9.59 Å². The highest BCUT2D eigenvalue weighted by atomic mass is 16.5. The Morgan fingerprint density at radius 1 is 1.21 bits per heavy atom. The van der Waals surface area contributed by atoms with Crippen molar-refractivity contribution in [2.75, 3.05) is 20.3 Å². The predicted octanol–water partition coefficient (Wildman–Crippen LogP) is 2.34. The number of aliphatic hydroxyl groups is 1. The third kappa shape index (κ3) is 4.32. The van der Waals surface area contributed by atoms with Gasteiger partial charge in [-0.1, -0.05) is 24.3 Å². The number of carbonyl (C=O) groups excluding carboxylic acids is 1. The highest BCUT2D eigenvalue weighted by Gasteiger charge is 2.12. The molecule has 7 heteroatoms. The highest BCUT2D eigenvalue weighted by Crippen LogP contribution is 2.28. The third-order valence-corrected chi connectivity index (χ3v) is 4.16. The summed E-state index contributed by atoms with van der Waals surface area (Å²) in [5.41, 5.74) is 1.02. The van der Waals surface area contributed by atoms with E-state index >= 15 is 0 Å². The second kappa shape index (κ2) is 8.58. The van der Waals surface area contributed by atoms with Gasteiger partial charge in [-0.05, 0) is 36.8 Å². The summed E-state index contributed by atoms with van der Waals surface area (Å²) in [4.78, 5) is 24.1. The van der Waals surface area contributed by atoms with Crippen LogP contribution >= 0.6 is 0 Å². The van der Waals surface area contributed by atoms with Gasteiger partial charge in [0.2, 0.25) is 0 Å². The SMILES string of the molecule is COc1cccc2cc(-c3ccc(OCC(=O)NC(C)CO)cc3)c(=O)oc12. The van der Waals surface area contributed by atoms with Gasteiger partial charge in [0, 0.05) is 11.4 Å². The van der Waals surface area contributed by atoms with E-state index in [-0.39, 0.29) is 25.2 Å². The van der Waals surface area contributed by atoms with E-state index in [0.717, 1.165) is 5.39 Å². The molecule has 3 aromatic rings. The second-order valence-electron chi connectivity index (χ2n) is 6.29. The summed E-state index contributed by atoms with van der Waals surface area (Å²) < 4.78 is 16.1. The minimum absolute atomic E-state index is 0.138. The van der Waals surface area contributed by atoms with Crippen LogP contribution < -0.4 is 20.4 Å². The zero-order valence-electron chi connectivity index (χ0n) is 15.6. The predicted molar refractivity (Wildman–Crippen MR) is 105 cm³/mol. The normalized spacial score (nSPS) is 11.8. The molecule has 0 saturated carbocycles. The quantitative estimate of drug-likeness (QED) is 0.608. The number of amides is 1. The van der Waals surface area contributed by atoms with Crippen LogP contribution in [0.1, 0.15) is 6.92 Å². The summed E-state index contributed by atoms with van der Waals surface area (Å²) >= 11 is 0. The Labute approximate surface area is 161 Å². The molecule has 0 radical (unpaired) electrons. The van der Waals surface area contributed by atoms with E-state index in [1.165, 1.54) is 7.11 Å². The number of benzene rings is 2. The monoisotopic (exact) mass is 383 g/mol. The van der Waals surface area contributed by atoms with E-state index in [1.54, 1.807) is 43.3 Å². The number of nitrogens with one attached hydrogen (secondary N) is 1. The van der Waals surface area contributed by atoms with Gasteiger partial charge in [0.15, 0.2) is 17.9 Å². The summed E-state index contributed by atoms with van der Waals surface area (Å²) in [5, 5.41) is 12.3. The lowest BCUT2D eigenvalue weighted by Gasteiger charge is -2.11. The fourth-order valence-corrected chi connectivity index (χ4v) is 2.72. The molecule has 0 aliphatic heterocycles. The molecule has 2 N–H and O–H groups in total. The number of hydrogen-bond donors (Lipinski definition) is 2. The maximum absolute atomic E-state index is 12.4. The van der Waals surface area contributed by atoms with E-state index in [1.807, 2.05) is 12.1 Å². The highest BCUT2D eigenvalue weighted by molar-refractivity contribution is 5.86. The number of hydrogen-bond acceptors (Lipinski definition) is 6. The van der Waals surface area contributed by atoms with Crippen LogP contribution in [0.4, 0.5) is 0 Å². The molecular weight excluding hydrogens is 362 g/mol. The molecule has 0 aliphatic carbocycles. The lowest BCUT2D eigenvalue weighted by molar-refractivity contribution is -0.123. The van der Waals surface area contributed by atoms with Crippen molar-refractivity contribution < 1.29 is 23.8 Å². The molecule has 1 atom stereocenters. The van der Waals surface area contributed by atoms with Gasteiger partial charge in [0.05, 0.1) is 19.3 Å². The van der Waals surface area contributed by atoms with Crippen LogP contribution in [0, 0.1) is 0 Å². The molecule has 0 saturated heterocycles. The van der Waals surface area contributed by atoms with E-state index in [2.05, 4.69) is 5.32 Å². The van der Waals surface area contributed by atoms with Crippen LogP contribution in [0.15, 0.2) is 57.7 Å². The molecule has 0 spiro atoms. The third-order valence-electron chi connectivity index (χ3n) is 4.16. The van der Waals surface area contributed by atoms with Gasteiger partial charge in [-0.25, -0.2) is 4.79 Å². The molecule has 146 valence electrons. The maximum atomic E-state index is 12.4. The van der Waals surface area contributed by atoms with Crippen LogP contribution in [-0.4, -0.2) is 37.4 Å². The lowest BCUT2D eigenvalue weighted by Crippen LogP contribution is -2.38. The molecule has 7 nitrogen and oxygen atoms in total. The van der Waals surface area contributed by atoms with Crippen LogP contribution in [0.2, 0.25) is 0 Å². The zero-order chi connectivity index (χ0) is 20.1. The summed E-state index contributed by atoms with van der Waals surface area (Å²) in [5.74, 6) is 0.663. The molecule has 0 fully saturated rings.